The molecular weight excluding hydrogens is 403 g/mol. The molecule has 6 heteroatoms. The Labute approximate surface area is 154 Å². The number of hydrogen-bond acceptors (Lipinski definition) is 3. The Kier molecular flexibility index (Phi) is 6.44. The normalized spacial score (nSPS) is 19.8. The highest BCUT2D eigenvalue weighted by molar-refractivity contribution is 14.0. The van der Waals surface area contributed by atoms with Gasteiger partial charge in [-0.05, 0) is 24.3 Å². The summed E-state index contributed by atoms with van der Waals surface area (Å²) in [7, 11) is 3.83. The van der Waals surface area contributed by atoms with Crippen molar-refractivity contribution in [3.05, 3.63) is 53.9 Å². The van der Waals surface area contributed by atoms with Crippen molar-refractivity contribution in [3.63, 3.8) is 0 Å². The van der Waals surface area contributed by atoms with Crippen molar-refractivity contribution in [2.45, 2.75) is 25.4 Å². The Morgan fingerprint density at radius 2 is 2.13 bits per heavy atom. The van der Waals surface area contributed by atoms with Crippen molar-refractivity contribution in [1.29, 1.82) is 0 Å². The number of aliphatic imine (C=N–C) groups is 1. The Morgan fingerprint density at radius 3 is 2.78 bits per heavy atom. The van der Waals surface area contributed by atoms with Crippen LogP contribution in [0.1, 0.15) is 17.7 Å². The summed E-state index contributed by atoms with van der Waals surface area (Å²) in [6.45, 7) is 0.687. The van der Waals surface area contributed by atoms with Crippen LogP contribution in [-0.2, 0) is 13.0 Å². The van der Waals surface area contributed by atoms with E-state index in [-0.39, 0.29) is 24.0 Å². The predicted octanol–water partition coefficient (Wildman–Crippen LogP) is 2.93. The van der Waals surface area contributed by atoms with Gasteiger partial charge < -0.3 is 14.7 Å². The lowest BCUT2D eigenvalue weighted by atomic mass is 10.1. The Morgan fingerprint density at radius 1 is 1.35 bits per heavy atom. The number of aromatic nitrogens is 1. The molecule has 0 saturated heterocycles. The van der Waals surface area contributed by atoms with Crippen molar-refractivity contribution >= 4 is 29.9 Å². The van der Waals surface area contributed by atoms with Gasteiger partial charge in [0.15, 0.2) is 5.96 Å². The molecule has 0 aliphatic heterocycles. The van der Waals surface area contributed by atoms with Crippen LogP contribution < -0.4 is 5.32 Å². The van der Waals surface area contributed by atoms with E-state index in [2.05, 4.69) is 50.7 Å². The van der Waals surface area contributed by atoms with Gasteiger partial charge >= 0.3 is 0 Å². The summed E-state index contributed by atoms with van der Waals surface area (Å²) in [6, 6.07) is 13.0. The minimum Gasteiger partial charge on any atom is -0.364 e. The van der Waals surface area contributed by atoms with Gasteiger partial charge in [-0.1, -0.05) is 35.5 Å². The Bertz CT molecular complexity index is 615. The molecule has 2 aromatic rings. The molecule has 3 rings (SSSR count). The lowest BCUT2D eigenvalue weighted by Gasteiger charge is -2.21. The van der Waals surface area contributed by atoms with Crippen molar-refractivity contribution in [1.82, 2.24) is 15.4 Å². The molecule has 0 bridgehead atoms. The van der Waals surface area contributed by atoms with Gasteiger partial charge in [-0.3, -0.25) is 4.99 Å². The van der Waals surface area contributed by atoms with Crippen LogP contribution in [0.15, 0.2) is 52.2 Å². The zero-order valence-corrected chi connectivity index (χ0v) is 15.8. The lowest BCUT2D eigenvalue weighted by molar-refractivity contribution is 0.390. The minimum absolute atomic E-state index is 0. The van der Waals surface area contributed by atoms with E-state index >= 15 is 0 Å². The molecule has 1 aromatic heterocycles. The van der Waals surface area contributed by atoms with E-state index in [1.54, 1.807) is 6.26 Å². The lowest BCUT2D eigenvalue weighted by Crippen LogP contribution is -2.40. The number of nitrogens with zero attached hydrogens (tertiary/aromatic N) is 3. The number of nitrogens with one attached hydrogen (secondary N) is 1. The average molecular weight is 426 g/mol. The van der Waals surface area contributed by atoms with Crippen LogP contribution in [0.4, 0.5) is 0 Å². The van der Waals surface area contributed by atoms with E-state index in [4.69, 9.17) is 4.52 Å². The maximum absolute atomic E-state index is 4.87. The smallest absolute Gasteiger partial charge is 0.193 e. The van der Waals surface area contributed by atoms with E-state index < -0.39 is 0 Å². The first-order valence-corrected chi connectivity index (χ1v) is 7.64. The molecule has 5 nitrogen and oxygen atoms in total. The molecule has 1 fully saturated rings. The van der Waals surface area contributed by atoms with Crippen molar-refractivity contribution in [2.24, 2.45) is 10.9 Å². The third-order valence-electron chi connectivity index (χ3n) is 4.04. The molecule has 0 spiro atoms. The first kappa shape index (κ1) is 17.8. The topological polar surface area (TPSA) is 53.7 Å². The third-order valence-corrected chi connectivity index (χ3v) is 4.04. The average Bonchev–Trinajstić information content (AvgIpc) is 3.04. The molecule has 0 amide bonds. The summed E-state index contributed by atoms with van der Waals surface area (Å²) >= 11 is 0. The van der Waals surface area contributed by atoms with Gasteiger partial charge in [0.1, 0.15) is 12.0 Å². The molecule has 124 valence electrons. The second-order valence-corrected chi connectivity index (χ2v) is 5.83. The summed E-state index contributed by atoms with van der Waals surface area (Å²) in [5.41, 5.74) is 2.31. The van der Waals surface area contributed by atoms with Crippen LogP contribution in [0.2, 0.25) is 0 Å². The van der Waals surface area contributed by atoms with Crippen LogP contribution in [0, 0.1) is 5.92 Å². The van der Waals surface area contributed by atoms with Crippen molar-refractivity contribution < 1.29 is 4.52 Å². The number of hydrogen-bond donors (Lipinski definition) is 1. The highest BCUT2D eigenvalue weighted by Crippen LogP contribution is 2.33. The van der Waals surface area contributed by atoms with Crippen LogP contribution in [0.5, 0.6) is 0 Å². The SMILES string of the molecule is CN=C(NC1CC1Cc1ccccc1)N(C)Cc1ccon1.I. The maximum atomic E-state index is 4.87. The van der Waals surface area contributed by atoms with E-state index in [1.807, 2.05) is 20.2 Å². The first-order valence-electron chi connectivity index (χ1n) is 7.64. The largest absolute Gasteiger partial charge is 0.364 e. The van der Waals surface area contributed by atoms with Crippen LogP contribution in [-0.4, -0.2) is 36.2 Å². The maximum Gasteiger partial charge on any atom is 0.193 e. The molecule has 2 atom stereocenters. The highest BCUT2D eigenvalue weighted by Gasteiger charge is 2.37. The number of halogens is 1. The van der Waals surface area contributed by atoms with Gasteiger partial charge in [-0.15, -0.1) is 24.0 Å². The molecule has 1 saturated carbocycles. The number of rotatable bonds is 5. The van der Waals surface area contributed by atoms with E-state index in [1.165, 1.54) is 12.0 Å². The van der Waals surface area contributed by atoms with Gasteiger partial charge in [0.2, 0.25) is 0 Å². The molecule has 1 N–H and O–H groups in total. The van der Waals surface area contributed by atoms with Gasteiger partial charge in [0.25, 0.3) is 0 Å². The summed E-state index contributed by atoms with van der Waals surface area (Å²) < 4.78 is 4.87. The second kappa shape index (κ2) is 8.33. The zero-order chi connectivity index (χ0) is 15.4. The number of guanidine groups is 1. The summed E-state index contributed by atoms with van der Waals surface area (Å²) in [6.07, 6.45) is 3.92. The Hall–Kier alpha value is -1.57. The fourth-order valence-electron chi connectivity index (χ4n) is 2.72. The van der Waals surface area contributed by atoms with Gasteiger partial charge in [-0.25, -0.2) is 0 Å². The summed E-state index contributed by atoms with van der Waals surface area (Å²) in [5.74, 6) is 1.60. The first-order chi connectivity index (χ1) is 10.8. The fourth-order valence-corrected chi connectivity index (χ4v) is 2.72. The molecular formula is C17H23IN4O. The van der Waals surface area contributed by atoms with Crippen LogP contribution >= 0.6 is 24.0 Å². The van der Waals surface area contributed by atoms with Gasteiger partial charge in [0.05, 0.1) is 6.54 Å². The van der Waals surface area contributed by atoms with Gasteiger partial charge in [-0.2, -0.15) is 0 Å². The molecule has 1 aromatic carbocycles. The fraction of sp³-hybridized carbons (Fsp3) is 0.412. The monoisotopic (exact) mass is 426 g/mol. The standard InChI is InChI=1S/C17H22N4O.HI/c1-18-17(21(2)12-15-8-9-22-20-15)19-16-11-14(16)10-13-6-4-3-5-7-13;/h3-9,14,16H,10-12H2,1-2H3,(H,18,19);1H. The van der Waals surface area contributed by atoms with E-state index in [0.717, 1.165) is 18.1 Å². The van der Waals surface area contributed by atoms with Crippen LogP contribution in [0.3, 0.4) is 0 Å². The minimum atomic E-state index is 0. The highest BCUT2D eigenvalue weighted by atomic mass is 127. The van der Waals surface area contributed by atoms with E-state index in [9.17, 15) is 0 Å². The quantitative estimate of drug-likeness (QED) is 0.454. The zero-order valence-electron chi connectivity index (χ0n) is 13.5. The van der Waals surface area contributed by atoms with Crippen molar-refractivity contribution in [2.75, 3.05) is 14.1 Å². The van der Waals surface area contributed by atoms with Gasteiger partial charge in [0, 0.05) is 26.2 Å². The molecule has 1 heterocycles. The Balaban J connectivity index is 0.00000192. The van der Waals surface area contributed by atoms with Crippen LogP contribution in [0.25, 0.3) is 0 Å². The molecule has 1 aliphatic carbocycles. The molecule has 0 radical (unpaired) electrons. The van der Waals surface area contributed by atoms with Crippen molar-refractivity contribution in [3.8, 4) is 0 Å². The predicted molar refractivity (Wildman–Crippen MR) is 102 cm³/mol. The second-order valence-electron chi connectivity index (χ2n) is 5.83. The third kappa shape index (κ3) is 4.95. The molecule has 1 aliphatic rings. The summed E-state index contributed by atoms with van der Waals surface area (Å²) in [4.78, 5) is 6.43. The van der Waals surface area contributed by atoms with E-state index in [0.29, 0.717) is 18.5 Å². The number of benzene rings is 1. The summed E-state index contributed by atoms with van der Waals surface area (Å²) in [5, 5.41) is 7.48. The molecule has 23 heavy (non-hydrogen) atoms. The molecule has 2 unspecified atom stereocenters.